The van der Waals surface area contributed by atoms with Gasteiger partial charge in [0.1, 0.15) is 6.61 Å². The first-order valence-corrected chi connectivity index (χ1v) is 10.1. The van der Waals surface area contributed by atoms with E-state index in [1.807, 2.05) is 42.3 Å². The van der Waals surface area contributed by atoms with Gasteiger partial charge in [-0.3, -0.25) is 10.1 Å². The van der Waals surface area contributed by atoms with Crippen molar-refractivity contribution < 1.29 is 24.2 Å². The van der Waals surface area contributed by atoms with Gasteiger partial charge < -0.3 is 15.2 Å². The standard InChI is InChI=1S/C25H19N3O5/c29-22(30)12-6-14-27-24(31)23-21(11-5-13-26-23)28-25(32)33-15-20-18-9-3-1-7-16(18)17-8-2-4-10-19(17)20/h1-5,7-11,13,20H,14-15H2,(H,27,31)(H,28,32)(H,29,30). The molecule has 0 unspecified atom stereocenters. The Balaban J connectivity index is 1.42. The van der Waals surface area contributed by atoms with Crippen molar-refractivity contribution in [1.82, 2.24) is 10.3 Å². The van der Waals surface area contributed by atoms with E-state index in [0.717, 1.165) is 22.3 Å². The highest BCUT2D eigenvalue weighted by molar-refractivity contribution is 6.01. The fourth-order valence-corrected chi connectivity index (χ4v) is 3.76. The van der Waals surface area contributed by atoms with Crippen LogP contribution < -0.4 is 10.6 Å². The molecule has 1 aromatic heterocycles. The van der Waals surface area contributed by atoms with Crippen molar-refractivity contribution in [2.45, 2.75) is 5.92 Å². The first-order chi connectivity index (χ1) is 16.0. The van der Waals surface area contributed by atoms with Crippen LogP contribution in [0, 0.1) is 11.8 Å². The highest BCUT2D eigenvalue weighted by Crippen LogP contribution is 2.44. The van der Waals surface area contributed by atoms with Gasteiger partial charge in [0.2, 0.25) is 0 Å². The number of carbonyl (C=O) groups is 3. The molecule has 2 aromatic carbocycles. The highest BCUT2D eigenvalue weighted by atomic mass is 16.5. The number of hydrogen-bond acceptors (Lipinski definition) is 5. The van der Waals surface area contributed by atoms with Crippen LogP contribution in [0.4, 0.5) is 10.5 Å². The summed E-state index contributed by atoms with van der Waals surface area (Å²) in [5.41, 5.74) is 4.56. The first-order valence-electron chi connectivity index (χ1n) is 10.1. The zero-order valence-electron chi connectivity index (χ0n) is 17.4. The van der Waals surface area contributed by atoms with Gasteiger partial charge in [0.15, 0.2) is 5.69 Å². The molecule has 8 nitrogen and oxygen atoms in total. The molecule has 2 amide bonds. The number of aliphatic carboxylic acids is 1. The maximum absolute atomic E-state index is 12.5. The van der Waals surface area contributed by atoms with Crippen LogP contribution in [0.5, 0.6) is 0 Å². The Hall–Kier alpha value is -4.64. The molecule has 1 aliphatic rings. The molecule has 0 bridgehead atoms. The number of rotatable bonds is 5. The van der Waals surface area contributed by atoms with E-state index in [4.69, 9.17) is 9.84 Å². The van der Waals surface area contributed by atoms with Crippen LogP contribution in [0.1, 0.15) is 27.5 Å². The van der Waals surface area contributed by atoms with Gasteiger partial charge in [-0.25, -0.2) is 14.6 Å². The van der Waals surface area contributed by atoms with Crippen molar-refractivity contribution >= 4 is 23.7 Å². The summed E-state index contributed by atoms with van der Waals surface area (Å²) in [6.45, 7) is -0.0431. The van der Waals surface area contributed by atoms with Gasteiger partial charge in [-0.2, -0.15) is 0 Å². The Labute approximate surface area is 189 Å². The van der Waals surface area contributed by atoms with Gasteiger partial charge in [-0.1, -0.05) is 54.5 Å². The molecule has 164 valence electrons. The van der Waals surface area contributed by atoms with E-state index >= 15 is 0 Å². The average Bonchev–Trinajstić information content (AvgIpc) is 3.14. The third kappa shape index (κ3) is 4.83. The number of anilines is 1. The summed E-state index contributed by atoms with van der Waals surface area (Å²) in [5.74, 6) is 2.20. The molecule has 0 aliphatic heterocycles. The van der Waals surface area contributed by atoms with Crippen LogP contribution >= 0.6 is 0 Å². The van der Waals surface area contributed by atoms with Gasteiger partial charge in [-0.05, 0) is 34.4 Å². The number of carboxylic acids is 1. The Morgan fingerprint density at radius 1 is 0.970 bits per heavy atom. The number of nitrogens with one attached hydrogen (secondary N) is 2. The maximum atomic E-state index is 12.5. The van der Waals surface area contributed by atoms with Crippen molar-refractivity contribution in [2.24, 2.45) is 0 Å². The lowest BCUT2D eigenvalue weighted by atomic mass is 9.98. The van der Waals surface area contributed by atoms with Gasteiger partial charge in [-0.15, -0.1) is 0 Å². The number of benzene rings is 2. The number of fused-ring (bicyclic) bond motifs is 3. The van der Waals surface area contributed by atoms with E-state index in [2.05, 4.69) is 33.7 Å². The number of carboxylic acid groups (broad SMARTS) is 1. The van der Waals surface area contributed by atoms with Crippen molar-refractivity contribution in [3.05, 3.63) is 83.7 Å². The summed E-state index contributed by atoms with van der Waals surface area (Å²) in [4.78, 5) is 39.3. The minimum Gasteiger partial charge on any atom is -0.472 e. The van der Waals surface area contributed by atoms with Crippen LogP contribution in [0.3, 0.4) is 0 Å². The summed E-state index contributed by atoms with van der Waals surface area (Å²) >= 11 is 0. The second-order valence-corrected chi connectivity index (χ2v) is 7.14. The summed E-state index contributed by atoms with van der Waals surface area (Å²) in [6, 6.07) is 19.1. The molecule has 1 aliphatic carbocycles. The van der Waals surface area contributed by atoms with Crippen LogP contribution in [-0.4, -0.2) is 41.2 Å². The topological polar surface area (TPSA) is 118 Å². The predicted octanol–water partition coefficient (Wildman–Crippen LogP) is 3.26. The zero-order chi connectivity index (χ0) is 23.2. The molecule has 3 N–H and O–H groups in total. The van der Waals surface area contributed by atoms with Crippen LogP contribution in [0.2, 0.25) is 0 Å². The third-order valence-electron chi connectivity index (χ3n) is 5.14. The molecule has 0 atom stereocenters. The number of nitrogens with zero attached hydrogens (tertiary/aromatic N) is 1. The monoisotopic (exact) mass is 441 g/mol. The summed E-state index contributed by atoms with van der Waals surface area (Å²) in [5, 5.41) is 13.5. The molecule has 0 radical (unpaired) electrons. The molecule has 0 saturated carbocycles. The number of aromatic nitrogens is 1. The molecule has 33 heavy (non-hydrogen) atoms. The predicted molar refractivity (Wildman–Crippen MR) is 121 cm³/mol. The van der Waals surface area contributed by atoms with Crippen molar-refractivity contribution in [1.29, 1.82) is 0 Å². The van der Waals surface area contributed by atoms with Crippen molar-refractivity contribution in [3.8, 4) is 23.0 Å². The third-order valence-corrected chi connectivity index (χ3v) is 5.14. The molecule has 8 heteroatoms. The number of pyridine rings is 1. The summed E-state index contributed by atoms with van der Waals surface area (Å²) in [6.07, 6.45) is 0.686. The molecular formula is C25H19N3O5. The molecule has 0 fully saturated rings. The van der Waals surface area contributed by atoms with Crippen LogP contribution in [-0.2, 0) is 9.53 Å². The smallest absolute Gasteiger partial charge is 0.411 e. The van der Waals surface area contributed by atoms with Crippen LogP contribution in [0.25, 0.3) is 11.1 Å². The summed E-state index contributed by atoms with van der Waals surface area (Å²) in [7, 11) is 0. The maximum Gasteiger partial charge on any atom is 0.411 e. The van der Waals surface area contributed by atoms with Crippen molar-refractivity contribution in [2.75, 3.05) is 18.5 Å². The Morgan fingerprint density at radius 2 is 1.64 bits per heavy atom. The minimum absolute atomic E-state index is 0.0388. The normalized spacial score (nSPS) is 11.4. The summed E-state index contributed by atoms with van der Waals surface area (Å²) < 4.78 is 5.51. The van der Waals surface area contributed by atoms with Gasteiger partial charge in [0, 0.05) is 18.0 Å². The van der Waals surface area contributed by atoms with Gasteiger partial charge >= 0.3 is 12.1 Å². The SMILES string of the molecule is O=C(O)C#CCNC(=O)c1ncccc1NC(=O)OCC1c2ccccc2-c2ccccc21. The first kappa shape index (κ1) is 21.6. The number of hydrogen-bond donors (Lipinski definition) is 3. The molecule has 1 heterocycles. The quantitative estimate of drug-likeness (QED) is 0.523. The Kier molecular flexibility index (Phi) is 6.32. The van der Waals surface area contributed by atoms with Crippen LogP contribution in [0.15, 0.2) is 66.9 Å². The van der Waals surface area contributed by atoms with E-state index in [9.17, 15) is 14.4 Å². The molecular weight excluding hydrogens is 422 g/mol. The van der Waals surface area contributed by atoms with Gasteiger partial charge in [0.05, 0.1) is 12.2 Å². The fourth-order valence-electron chi connectivity index (χ4n) is 3.76. The van der Waals surface area contributed by atoms with E-state index in [0.29, 0.717) is 0 Å². The van der Waals surface area contributed by atoms with Gasteiger partial charge in [0.25, 0.3) is 5.91 Å². The second-order valence-electron chi connectivity index (χ2n) is 7.14. The average molecular weight is 441 g/mol. The number of carbonyl (C=O) groups excluding carboxylic acids is 2. The fraction of sp³-hybridized carbons (Fsp3) is 0.120. The van der Waals surface area contributed by atoms with E-state index in [1.165, 1.54) is 12.3 Å². The van der Waals surface area contributed by atoms with E-state index in [1.54, 1.807) is 6.07 Å². The lowest BCUT2D eigenvalue weighted by Gasteiger charge is -2.15. The number of ether oxygens (including phenoxy) is 1. The number of amides is 2. The van der Waals surface area contributed by atoms with Crippen molar-refractivity contribution in [3.63, 3.8) is 0 Å². The Bertz CT molecular complexity index is 1250. The largest absolute Gasteiger partial charge is 0.472 e. The van der Waals surface area contributed by atoms with E-state index in [-0.39, 0.29) is 30.5 Å². The molecule has 0 spiro atoms. The Morgan fingerprint density at radius 3 is 2.30 bits per heavy atom. The second kappa shape index (κ2) is 9.66. The molecule has 3 aromatic rings. The molecule has 4 rings (SSSR count). The molecule has 0 saturated heterocycles. The minimum atomic E-state index is -1.29. The highest BCUT2D eigenvalue weighted by Gasteiger charge is 2.29. The lowest BCUT2D eigenvalue weighted by molar-refractivity contribution is -0.130. The zero-order valence-corrected chi connectivity index (χ0v) is 17.4. The van der Waals surface area contributed by atoms with E-state index < -0.39 is 18.0 Å². The lowest BCUT2D eigenvalue weighted by Crippen LogP contribution is -2.27.